The fourth-order valence-electron chi connectivity index (χ4n) is 2.26. The van der Waals surface area contributed by atoms with E-state index in [0.717, 1.165) is 17.5 Å². The summed E-state index contributed by atoms with van der Waals surface area (Å²) in [5.74, 6) is -0.749. The maximum absolute atomic E-state index is 11.9. The highest BCUT2D eigenvalue weighted by Crippen LogP contribution is 2.38. The van der Waals surface area contributed by atoms with Crippen LogP contribution in [0, 0.1) is 17.0 Å². The first-order chi connectivity index (χ1) is 12.9. The van der Waals surface area contributed by atoms with Gasteiger partial charge in [-0.25, -0.2) is 0 Å². The largest absolute Gasteiger partial charge is 0.408 e. The van der Waals surface area contributed by atoms with E-state index < -0.39 is 22.6 Å². The number of hydrogen-bond donors (Lipinski definition) is 2. The molecule has 2 aromatic rings. The second kappa shape index (κ2) is 7.70. The first kappa shape index (κ1) is 18.8. The molecule has 144 valence electrons. The monoisotopic (exact) mass is 397 g/mol. The number of aromatic nitrogens is 4. The predicted octanol–water partition coefficient (Wildman–Crippen LogP) is 0.560. The van der Waals surface area contributed by atoms with E-state index in [9.17, 15) is 19.7 Å². The minimum atomic E-state index is -0.717. The van der Waals surface area contributed by atoms with Crippen molar-refractivity contribution in [3.8, 4) is 0 Å². The molecule has 1 saturated carbocycles. The zero-order chi connectivity index (χ0) is 19.6. The minimum Gasteiger partial charge on any atom is -0.358 e. The zero-order valence-electron chi connectivity index (χ0n) is 14.3. The Morgan fingerprint density at radius 1 is 1.37 bits per heavy atom. The topological polar surface area (TPSA) is 158 Å². The second-order valence-corrected chi connectivity index (χ2v) is 6.35. The van der Waals surface area contributed by atoms with Gasteiger partial charge in [0.1, 0.15) is 6.54 Å². The average Bonchev–Trinajstić information content (AvgIpc) is 3.29. The van der Waals surface area contributed by atoms with Crippen molar-refractivity contribution in [2.45, 2.75) is 32.2 Å². The molecule has 2 N–H and O–H groups in total. The lowest BCUT2D eigenvalue weighted by atomic mass is 10.4. The average molecular weight is 398 g/mol. The summed E-state index contributed by atoms with van der Waals surface area (Å²) in [4.78, 5) is 37.9. The maximum Gasteiger partial charge on any atom is 0.408 e. The van der Waals surface area contributed by atoms with Crippen molar-refractivity contribution in [1.82, 2.24) is 30.6 Å². The number of carbonyl (C=O) groups is 2. The Bertz CT molecular complexity index is 889. The molecule has 0 spiro atoms. The third-order valence-electron chi connectivity index (χ3n) is 3.89. The lowest BCUT2D eigenvalue weighted by molar-refractivity contribution is -0.389. The number of nitrogens with zero attached hydrogens (tertiary/aromatic N) is 5. The molecule has 2 amide bonds. The molecule has 27 heavy (non-hydrogen) atoms. The molecule has 1 aliphatic rings. The van der Waals surface area contributed by atoms with E-state index in [2.05, 4.69) is 25.9 Å². The molecular formula is C14H16ClN7O5. The molecule has 0 saturated heterocycles. The van der Waals surface area contributed by atoms with Crippen molar-refractivity contribution >= 4 is 29.2 Å². The van der Waals surface area contributed by atoms with Crippen molar-refractivity contribution in [2.75, 3.05) is 13.1 Å². The molecule has 13 heteroatoms. The maximum atomic E-state index is 11.9. The van der Waals surface area contributed by atoms with Crippen LogP contribution in [-0.4, -0.2) is 49.7 Å². The molecule has 0 unspecified atom stereocenters. The van der Waals surface area contributed by atoms with Crippen LogP contribution in [-0.2, 0) is 11.3 Å². The van der Waals surface area contributed by atoms with Crippen molar-refractivity contribution in [1.29, 1.82) is 0 Å². The van der Waals surface area contributed by atoms with Gasteiger partial charge in [-0.15, -0.1) is 0 Å². The number of nitro groups is 1. The Morgan fingerprint density at radius 2 is 2.07 bits per heavy atom. The molecule has 0 aliphatic heterocycles. The first-order valence-electron chi connectivity index (χ1n) is 8.12. The molecule has 2 aromatic heterocycles. The molecule has 3 rings (SSSR count). The van der Waals surface area contributed by atoms with Gasteiger partial charge in [-0.3, -0.25) is 9.59 Å². The van der Waals surface area contributed by atoms with E-state index in [1.165, 1.54) is 6.92 Å². The van der Waals surface area contributed by atoms with Crippen LogP contribution in [0.25, 0.3) is 0 Å². The summed E-state index contributed by atoms with van der Waals surface area (Å²) in [5, 5.41) is 23.2. The van der Waals surface area contributed by atoms with E-state index in [4.69, 9.17) is 16.1 Å². The van der Waals surface area contributed by atoms with Crippen molar-refractivity contribution in [3.05, 3.63) is 32.5 Å². The van der Waals surface area contributed by atoms with E-state index in [-0.39, 0.29) is 36.5 Å². The first-order valence-corrected chi connectivity index (χ1v) is 8.50. The van der Waals surface area contributed by atoms with E-state index in [1.807, 2.05) is 0 Å². The normalized spacial score (nSPS) is 13.4. The molecule has 0 atom stereocenters. The van der Waals surface area contributed by atoms with Gasteiger partial charge in [-0.2, -0.15) is 9.67 Å². The fourth-order valence-corrected chi connectivity index (χ4v) is 2.46. The van der Waals surface area contributed by atoms with E-state index >= 15 is 0 Å². The highest BCUT2D eigenvalue weighted by molar-refractivity contribution is 6.33. The highest BCUT2D eigenvalue weighted by atomic mass is 35.5. The summed E-state index contributed by atoms with van der Waals surface area (Å²) >= 11 is 5.81. The molecule has 1 fully saturated rings. The number of carbonyl (C=O) groups excluding carboxylic acids is 2. The SMILES string of the molecule is Cc1c(Cl)c([N+](=O)[O-])nn1CC(=O)NCCNC(=O)c1nc(C2CC2)no1. The lowest BCUT2D eigenvalue weighted by Gasteiger charge is -2.05. The summed E-state index contributed by atoms with van der Waals surface area (Å²) in [5.41, 5.74) is 0.315. The van der Waals surface area contributed by atoms with Gasteiger partial charge in [0.25, 0.3) is 0 Å². The van der Waals surface area contributed by atoms with Gasteiger partial charge >= 0.3 is 17.6 Å². The molecular weight excluding hydrogens is 382 g/mol. The van der Waals surface area contributed by atoms with Crippen LogP contribution in [0.5, 0.6) is 0 Å². The summed E-state index contributed by atoms with van der Waals surface area (Å²) in [6.45, 7) is 1.58. The smallest absolute Gasteiger partial charge is 0.358 e. The Hall–Kier alpha value is -3.02. The molecule has 0 radical (unpaired) electrons. The van der Waals surface area contributed by atoms with Crippen molar-refractivity contribution in [2.24, 2.45) is 0 Å². The number of amides is 2. The quantitative estimate of drug-likeness (QED) is 0.371. The summed E-state index contributed by atoms with van der Waals surface area (Å²) in [7, 11) is 0. The molecule has 12 nitrogen and oxygen atoms in total. The van der Waals surface area contributed by atoms with E-state index in [1.54, 1.807) is 0 Å². The highest BCUT2D eigenvalue weighted by Gasteiger charge is 2.30. The molecule has 0 aromatic carbocycles. The van der Waals surface area contributed by atoms with Gasteiger partial charge in [0.2, 0.25) is 5.91 Å². The van der Waals surface area contributed by atoms with Gasteiger partial charge in [0, 0.05) is 19.0 Å². The summed E-state index contributed by atoms with van der Waals surface area (Å²) < 4.78 is 6.04. The van der Waals surface area contributed by atoms with Gasteiger partial charge < -0.3 is 25.3 Å². The third kappa shape index (κ3) is 4.39. The van der Waals surface area contributed by atoms with Crippen LogP contribution in [0.2, 0.25) is 5.02 Å². The Morgan fingerprint density at radius 3 is 2.70 bits per heavy atom. The number of nitrogens with one attached hydrogen (secondary N) is 2. The van der Waals surface area contributed by atoms with Gasteiger partial charge in [-0.1, -0.05) is 16.8 Å². The zero-order valence-corrected chi connectivity index (χ0v) is 15.0. The summed E-state index contributed by atoms with van der Waals surface area (Å²) in [6.07, 6.45) is 1.99. The molecule has 0 bridgehead atoms. The van der Waals surface area contributed by atoms with Crippen LogP contribution in [0.4, 0.5) is 5.82 Å². The van der Waals surface area contributed by atoms with Gasteiger partial charge in [-0.05, 0) is 24.7 Å². The lowest BCUT2D eigenvalue weighted by Crippen LogP contribution is -2.36. The Labute approximate surface area is 157 Å². The van der Waals surface area contributed by atoms with Gasteiger partial charge in [0.05, 0.1) is 10.8 Å². The number of rotatable bonds is 8. The second-order valence-electron chi connectivity index (χ2n) is 5.98. The van der Waals surface area contributed by atoms with Crippen LogP contribution in [0.15, 0.2) is 4.52 Å². The van der Waals surface area contributed by atoms with Crippen LogP contribution in [0.3, 0.4) is 0 Å². The third-order valence-corrected chi connectivity index (χ3v) is 4.34. The van der Waals surface area contributed by atoms with Crippen LogP contribution < -0.4 is 10.6 Å². The van der Waals surface area contributed by atoms with E-state index in [0.29, 0.717) is 11.5 Å². The van der Waals surface area contributed by atoms with Crippen LogP contribution in [0.1, 0.15) is 41.0 Å². The molecule has 1 aliphatic carbocycles. The Balaban J connectivity index is 1.42. The van der Waals surface area contributed by atoms with Crippen LogP contribution >= 0.6 is 11.6 Å². The predicted molar refractivity (Wildman–Crippen MR) is 90.2 cm³/mol. The number of halogens is 1. The summed E-state index contributed by atoms with van der Waals surface area (Å²) in [6, 6.07) is 0. The van der Waals surface area contributed by atoms with Gasteiger partial charge in [0.15, 0.2) is 10.8 Å². The number of hydrogen-bond acceptors (Lipinski definition) is 8. The minimum absolute atomic E-state index is 0.106. The van der Waals surface area contributed by atoms with Crippen molar-refractivity contribution < 1.29 is 19.0 Å². The Kier molecular flexibility index (Phi) is 5.35. The standard InChI is InChI=1S/C14H16ClN7O5/c1-7-10(15)12(22(25)26)19-21(7)6-9(23)16-4-5-17-13(24)14-18-11(20-27-14)8-2-3-8/h8H,2-6H2,1H3,(H,16,23)(H,17,24). The van der Waals surface area contributed by atoms with Crippen molar-refractivity contribution in [3.63, 3.8) is 0 Å². The fraction of sp³-hybridized carbons (Fsp3) is 0.500. The molecule has 2 heterocycles.